The first-order valence-corrected chi connectivity index (χ1v) is 9.53. The third-order valence-electron chi connectivity index (χ3n) is 4.57. The molecule has 3 aromatic carbocycles. The second-order valence-electron chi connectivity index (χ2n) is 6.66. The van der Waals surface area contributed by atoms with Gasteiger partial charge in [-0.2, -0.15) is 0 Å². The molecule has 0 heterocycles. The van der Waals surface area contributed by atoms with E-state index in [1.165, 1.54) is 0 Å². The lowest BCUT2D eigenvalue weighted by atomic mass is 10.0. The second-order valence-corrected chi connectivity index (χ2v) is 6.66. The molecule has 154 valence electrons. The second kappa shape index (κ2) is 10.1. The van der Waals surface area contributed by atoms with Gasteiger partial charge in [-0.1, -0.05) is 48.5 Å². The molecule has 2 N–H and O–H groups in total. The molecule has 0 aliphatic heterocycles. The molecule has 6 heteroatoms. The van der Waals surface area contributed by atoms with Gasteiger partial charge in [0.15, 0.2) is 0 Å². The number of ether oxygens (including phenoxy) is 2. The molecule has 0 aliphatic rings. The van der Waals surface area contributed by atoms with Gasteiger partial charge in [0.2, 0.25) is 5.91 Å². The molecule has 2 amide bonds. The summed E-state index contributed by atoms with van der Waals surface area (Å²) in [5.74, 6) is 0.663. The van der Waals surface area contributed by atoms with Crippen LogP contribution >= 0.6 is 0 Å². The van der Waals surface area contributed by atoms with E-state index < -0.39 is 6.04 Å². The molecule has 0 bridgehead atoms. The van der Waals surface area contributed by atoms with Crippen molar-refractivity contribution in [3.63, 3.8) is 0 Å². The molecule has 0 radical (unpaired) electrons. The first-order chi connectivity index (χ1) is 14.6. The van der Waals surface area contributed by atoms with Crippen molar-refractivity contribution in [2.45, 2.75) is 12.5 Å². The molecule has 30 heavy (non-hydrogen) atoms. The lowest BCUT2D eigenvalue weighted by Gasteiger charge is -2.19. The maximum atomic E-state index is 12.8. The number of rotatable bonds is 8. The van der Waals surface area contributed by atoms with Crippen LogP contribution in [-0.2, 0) is 4.79 Å². The Bertz CT molecular complexity index is 968. The Morgan fingerprint density at radius 2 is 1.40 bits per heavy atom. The standard InChI is InChI=1S/C24H24N2O4/c1-29-20-13-19(14-21(15-20)30-2)25-23(27)16-22(17-9-5-3-6-10-17)26-24(28)18-11-7-4-8-12-18/h3-15,22H,16H2,1-2H3,(H,25,27)(H,26,28)/t22-/m0/s1. The Morgan fingerprint density at radius 1 is 0.833 bits per heavy atom. The lowest BCUT2D eigenvalue weighted by Crippen LogP contribution is -2.31. The SMILES string of the molecule is COc1cc(NC(=O)C[C@H](NC(=O)c2ccccc2)c2ccccc2)cc(OC)c1. The zero-order valence-corrected chi connectivity index (χ0v) is 16.9. The van der Waals surface area contributed by atoms with Gasteiger partial charge in [0.1, 0.15) is 11.5 Å². The highest BCUT2D eigenvalue weighted by Crippen LogP contribution is 2.26. The van der Waals surface area contributed by atoms with E-state index in [4.69, 9.17) is 9.47 Å². The molecule has 0 unspecified atom stereocenters. The topological polar surface area (TPSA) is 76.7 Å². The molecule has 0 aliphatic carbocycles. The monoisotopic (exact) mass is 404 g/mol. The maximum Gasteiger partial charge on any atom is 0.251 e. The molecule has 1 atom stereocenters. The third kappa shape index (κ3) is 5.61. The molecule has 0 saturated heterocycles. The Balaban J connectivity index is 1.76. The average molecular weight is 404 g/mol. The van der Waals surface area contributed by atoms with E-state index in [9.17, 15) is 9.59 Å². The fourth-order valence-electron chi connectivity index (χ4n) is 3.05. The van der Waals surface area contributed by atoms with Crippen molar-refractivity contribution in [1.29, 1.82) is 0 Å². The average Bonchev–Trinajstić information content (AvgIpc) is 2.79. The number of hydrogen-bond donors (Lipinski definition) is 2. The molecule has 0 saturated carbocycles. The normalized spacial score (nSPS) is 11.3. The predicted octanol–water partition coefficient (Wildman–Crippen LogP) is 4.20. The van der Waals surface area contributed by atoms with Crippen molar-refractivity contribution in [3.8, 4) is 11.5 Å². The van der Waals surface area contributed by atoms with E-state index in [0.29, 0.717) is 22.7 Å². The zero-order chi connectivity index (χ0) is 21.3. The summed E-state index contributed by atoms with van der Waals surface area (Å²) in [6.45, 7) is 0. The summed E-state index contributed by atoms with van der Waals surface area (Å²) in [4.78, 5) is 25.4. The van der Waals surface area contributed by atoms with Gasteiger partial charge in [0, 0.05) is 29.4 Å². The van der Waals surface area contributed by atoms with Crippen LogP contribution < -0.4 is 20.1 Å². The highest BCUT2D eigenvalue weighted by atomic mass is 16.5. The third-order valence-corrected chi connectivity index (χ3v) is 4.57. The van der Waals surface area contributed by atoms with Gasteiger partial charge in [-0.3, -0.25) is 9.59 Å². The summed E-state index contributed by atoms with van der Waals surface area (Å²) in [5.41, 5.74) is 1.94. The van der Waals surface area contributed by atoms with Gasteiger partial charge in [-0.05, 0) is 17.7 Å². The van der Waals surface area contributed by atoms with Gasteiger partial charge in [-0.15, -0.1) is 0 Å². The van der Waals surface area contributed by atoms with Crippen LogP contribution in [0, 0.1) is 0 Å². The van der Waals surface area contributed by atoms with Crippen LogP contribution in [0.2, 0.25) is 0 Å². The molecule has 3 aromatic rings. The number of amides is 2. The largest absolute Gasteiger partial charge is 0.497 e. The number of methoxy groups -OCH3 is 2. The number of benzene rings is 3. The van der Waals surface area contributed by atoms with E-state index in [1.807, 2.05) is 36.4 Å². The van der Waals surface area contributed by atoms with Crippen LogP contribution in [0.1, 0.15) is 28.4 Å². The van der Waals surface area contributed by atoms with E-state index >= 15 is 0 Å². The predicted molar refractivity (Wildman–Crippen MR) is 116 cm³/mol. The van der Waals surface area contributed by atoms with Gasteiger partial charge >= 0.3 is 0 Å². The number of nitrogens with one attached hydrogen (secondary N) is 2. The first kappa shape index (κ1) is 20.9. The van der Waals surface area contributed by atoms with Gasteiger partial charge in [0.05, 0.1) is 26.7 Å². The first-order valence-electron chi connectivity index (χ1n) is 9.53. The van der Waals surface area contributed by atoms with Gasteiger partial charge in [-0.25, -0.2) is 0 Å². The van der Waals surface area contributed by atoms with Crippen LogP contribution in [0.3, 0.4) is 0 Å². The number of carbonyl (C=O) groups is 2. The summed E-state index contributed by atoms with van der Waals surface area (Å²) >= 11 is 0. The molecular weight excluding hydrogens is 380 g/mol. The highest BCUT2D eigenvalue weighted by Gasteiger charge is 2.19. The Kier molecular flexibility index (Phi) is 7.05. The van der Waals surface area contributed by atoms with Crippen LogP contribution in [-0.4, -0.2) is 26.0 Å². The summed E-state index contributed by atoms with van der Waals surface area (Å²) in [7, 11) is 3.09. The Labute approximate surface area is 175 Å². The minimum Gasteiger partial charge on any atom is -0.497 e. The molecule has 6 nitrogen and oxygen atoms in total. The summed E-state index contributed by atoms with van der Waals surface area (Å²) in [5, 5.41) is 5.82. The van der Waals surface area contributed by atoms with Crippen LogP contribution in [0.25, 0.3) is 0 Å². The van der Waals surface area contributed by atoms with E-state index in [1.54, 1.807) is 56.7 Å². The van der Waals surface area contributed by atoms with Crippen LogP contribution in [0.5, 0.6) is 11.5 Å². The van der Waals surface area contributed by atoms with E-state index in [2.05, 4.69) is 10.6 Å². The van der Waals surface area contributed by atoms with Crippen molar-refractivity contribution < 1.29 is 19.1 Å². The highest BCUT2D eigenvalue weighted by molar-refractivity contribution is 5.96. The van der Waals surface area contributed by atoms with E-state index in [-0.39, 0.29) is 18.2 Å². The lowest BCUT2D eigenvalue weighted by molar-refractivity contribution is -0.116. The summed E-state index contributed by atoms with van der Waals surface area (Å²) in [6, 6.07) is 23.0. The van der Waals surface area contributed by atoms with Crippen molar-refractivity contribution in [2.75, 3.05) is 19.5 Å². The number of carbonyl (C=O) groups excluding carboxylic acids is 2. The fraction of sp³-hybridized carbons (Fsp3) is 0.167. The van der Waals surface area contributed by atoms with Crippen molar-refractivity contribution in [3.05, 3.63) is 90.0 Å². The van der Waals surface area contributed by atoms with Crippen LogP contribution in [0.4, 0.5) is 5.69 Å². The molecule has 0 fully saturated rings. The van der Waals surface area contributed by atoms with E-state index in [0.717, 1.165) is 5.56 Å². The minimum absolute atomic E-state index is 0.0715. The Hall–Kier alpha value is -3.80. The smallest absolute Gasteiger partial charge is 0.251 e. The van der Waals surface area contributed by atoms with Crippen LogP contribution in [0.15, 0.2) is 78.9 Å². The molecule has 0 aromatic heterocycles. The minimum atomic E-state index is -0.480. The van der Waals surface area contributed by atoms with Gasteiger partial charge < -0.3 is 20.1 Å². The molecule has 0 spiro atoms. The zero-order valence-electron chi connectivity index (χ0n) is 16.9. The number of hydrogen-bond acceptors (Lipinski definition) is 4. The summed E-state index contributed by atoms with van der Waals surface area (Å²) < 4.78 is 10.5. The maximum absolute atomic E-state index is 12.8. The molecular formula is C24H24N2O4. The number of anilines is 1. The summed E-state index contributed by atoms with van der Waals surface area (Å²) in [6.07, 6.45) is 0.0715. The van der Waals surface area contributed by atoms with Crippen molar-refractivity contribution >= 4 is 17.5 Å². The van der Waals surface area contributed by atoms with Gasteiger partial charge in [0.25, 0.3) is 5.91 Å². The quantitative estimate of drug-likeness (QED) is 0.590. The van der Waals surface area contributed by atoms with Crippen molar-refractivity contribution in [2.24, 2.45) is 0 Å². The van der Waals surface area contributed by atoms with Crippen molar-refractivity contribution in [1.82, 2.24) is 5.32 Å². The fourth-order valence-corrected chi connectivity index (χ4v) is 3.05. The molecule has 3 rings (SSSR count). The Morgan fingerprint density at radius 3 is 1.97 bits per heavy atom.